The first kappa shape index (κ1) is 18.7. The van der Waals surface area contributed by atoms with Crippen LogP contribution in [-0.2, 0) is 20.7 Å². The van der Waals surface area contributed by atoms with Crippen LogP contribution in [0.1, 0.15) is 5.56 Å². The molecule has 0 spiro atoms. The van der Waals surface area contributed by atoms with E-state index in [9.17, 15) is 9.59 Å². The lowest BCUT2D eigenvalue weighted by molar-refractivity contribution is -0.125. The van der Waals surface area contributed by atoms with Crippen molar-refractivity contribution in [3.8, 4) is 11.5 Å². The SMILES string of the molecule is COc1ccc(CC(=O)Nc2ccc(N3CCOCC3=O)cc2)cc1OC. The van der Waals surface area contributed by atoms with E-state index in [1.165, 1.54) is 0 Å². The van der Waals surface area contributed by atoms with Gasteiger partial charge in [-0.2, -0.15) is 0 Å². The van der Waals surface area contributed by atoms with Gasteiger partial charge in [0.1, 0.15) is 6.61 Å². The number of morpholine rings is 1. The fourth-order valence-corrected chi connectivity index (χ4v) is 2.90. The normalized spacial score (nSPS) is 14.0. The number of hydrogen-bond donors (Lipinski definition) is 1. The maximum atomic E-state index is 12.3. The Morgan fingerprint density at radius 1 is 1.11 bits per heavy atom. The van der Waals surface area contributed by atoms with E-state index in [1.54, 1.807) is 43.4 Å². The summed E-state index contributed by atoms with van der Waals surface area (Å²) in [4.78, 5) is 25.9. The molecule has 142 valence electrons. The van der Waals surface area contributed by atoms with Crippen molar-refractivity contribution < 1.29 is 23.8 Å². The van der Waals surface area contributed by atoms with Crippen LogP contribution < -0.4 is 19.7 Å². The number of ether oxygens (including phenoxy) is 3. The highest BCUT2D eigenvalue weighted by Crippen LogP contribution is 2.28. The number of nitrogens with zero attached hydrogens (tertiary/aromatic N) is 1. The van der Waals surface area contributed by atoms with Gasteiger partial charge in [-0.25, -0.2) is 0 Å². The van der Waals surface area contributed by atoms with Gasteiger partial charge in [-0.05, 0) is 42.0 Å². The van der Waals surface area contributed by atoms with Gasteiger partial charge in [-0.1, -0.05) is 6.07 Å². The molecule has 7 heteroatoms. The van der Waals surface area contributed by atoms with Gasteiger partial charge in [-0.3, -0.25) is 9.59 Å². The van der Waals surface area contributed by atoms with Crippen molar-refractivity contribution in [2.45, 2.75) is 6.42 Å². The Balaban J connectivity index is 1.62. The van der Waals surface area contributed by atoms with Crippen molar-refractivity contribution in [3.05, 3.63) is 48.0 Å². The molecule has 1 heterocycles. The summed E-state index contributed by atoms with van der Waals surface area (Å²) in [6, 6.07) is 12.6. The fourth-order valence-electron chi connectivity index (χ4n) is 2.90. The van der Waals surface area contributed by atoms with Gasteiger partial charge in [0.25, 0.3) is 5.91 Å². The van der Waals surface area contributed by atoms with Gasteiger partial charge in [0, 0.05) is 17.9 Å². The predicted octanol–water partition coefficient (Wildman–Crippen LogP) is 2.25. The summed E-state index contributed by atoms with van der Waals surface area (Å²) in [5.41, 5.74) is 2.28. The highest BCUT2D eigenvalue weighted by molar-refractivity contribution is 5.96. The standard InChI is InChI=1S/C20H22N2O5/c1-25-17-8-3-14(11-18(17)26-2)12-19(23)21-15-4-6-16(7-5-15)22-9-10-27-13-20(22)24/h3-8,11H,9-10,12-13H2,1-2H3,(H,21,23). The second-order valence-corrected chi connectivity index (χ2v) is 6.06. The van der Waals surface area contributed by atoms with E-state index in [4.69, 9.17) is 14.2 Å². The maximum Gasteiger partial charge on any atom is 0.253 e. The van der Waals surface area contributed by atoms with Gasteiger partial charge >= 0.3 is 0 Å². The fraction of sp³-hybridized carbons (Fsp3) is 0.300. The Morgan fingerprint density at radius 2 is 1.85 bits per heavy atom. The third kappa shape index (κ3) is 4.57. The van der Waals surface area contributed by atoms with Crippen LogP contribution in [0.3, 0.4) is 0 Å². The second-order valence-electron chi connectivity index (χ2n) is 6.06. The molecule has 1 aliphatic heterocycles. The number of hydrogen-bond acceptors (Lipinski definition) is 5. The zero-order chi connectivity index (χ0) is 19.2. The summed E-state index contributed by atoms with van der Waals surface area (Å²) >= 11 is 0. The third-order valence-corrected chi connectivity index (χ3v) is 4.26. The monoisotopic (exact) mass is 370 g/mol. The van der Waals surface area contributed by atoms with Crippen molar-refractivity contribution in [2.24, 2.45) is 0 Å². The molecular formula is C20H22N2O5. The molecular weight excluding hydrogens is 348 g/mol. The number of amides is 2. The zero-order valence-electron chi connectivity index (χ0n) is 15.4. The van der Waals surface area contributed by atoms with Crippen molar-refractivity contribution in [3.63, 3.8) is 0 Å². The van der Waals surface area contributed by atoms with Gasteiger partial charge < -0.3 is 24.4 Å². The average molecular weight is 370 g/mol. The topological polar surface area (TPSA) is 77.1 Å². The van der Waals surface area contributed by atoms with E-state index in [-0.39, 0.29) is 24.8 Å². The van der Waals surface area contributed by atoms with Crippen LogP contribution in [0.4, 0.5) is 11.4 Å². The van der Waals surface area contributed by atoms with E-state index in [1.807, 2.05) is 18.2 Å². The predicted molar refractivity (Wildman–Crippen MR) is 101 cm³/mol. The van der Waals surface area contributed by atoms with Crippen molar-refractivity contribution in [1.82, 2.24) is 0 Å². The molecule has 0 saturated carbocycles. The molecule has 0 aromatic heterocycles. The van der Waals surface area contributed by atoms with Crippen molar-refractivity contribution >= 4 is 23.2 Å². The minimum absolute atomic E-state index is 0.0634. The Labute approximate surface area is 157 Å². The van der Waals surface area contributed by atoms with Crippen LogP contribution in [0.15, 0.2) is 42.5 Å². The molecule has 1 N–H and O–H groups in total. The van der Waals surface area contributed by atoms with Crippen LogP contribution in [0.2, 0.25) is 0 Å². The van der Waals surface area contributed by atoms with Crippen molar-refractivity contribution in [1.29, 1.82) is 0 Å². The highest BCUT2D eigenvalue weighted by atomic mass is 16.5. The number of rotatable bonds is 6. The summed E-state index contributed by atoms with van der Waals surface area (Å²) in [6.07, 6.45) is 0.212. The number of carbonyl (C=O) groups excluding carboxylic acids is 2. The van der Waals surface area contributed by atoms with Crippen molar-refractivity contribution in [2.75, 3.05) is 44.2 Å². The van der Waals surface area contributed by atoms with Gasteiger partial charge in [-0.15, -0.1) is 0 Å². The summed E-state index contributed by atoms with van der Waals surface area (Å²) < 4.78 is 15.6. The van der Waals surface area contributed by atoms with Crippen LogP contribution >= 0.6 is 0 Å². The molecule has 2 amide bonds. The minimum atomic E-state index is -0.141. The first-order valence-electron chi connectivity index (χ1n) is 8.59. The van der Waals surface area contributed by atoms with Gasteiger partial charge in [0.15, 0.2) is 11.5 Å². The molecule has 1 aliphatic rings. The molecule has 0 aliphatic carbocycles. The van der Waals surface area contributed by atoms with E-state index in [2.05, 4.69) is 5.32 Å². The second kappa shape index (κ2) is 8.55. The molecule has 2 aromatic rings. The molecule has 1 fully saturated rings. The van der Waals surface area contributed by atoms with E-state index in [0.29, 0.717) is 30.3 Å². The number of nitrogens with one attached hydrogen (secondary N) is 1. The molecule has 0 radical (unpaired) electrons. The molecule has 7 nitrogen and oxygen atoms in total. The molecule has 27 heavy (non-hydrogen) atoms. The quantitative estimate of drug-likeness (QED) is 0.844. The highest BCUT2D eigenvalue weighted by Gasteiger charge is 2.20. The first-order chi connectivity index (χ1) is 13.1. The lowest BCUT2D eigenvalue weighted by Crippen LogP contribution is -2.41. The average Bonchev–Trinajstić information content (AvgIpc) is 2.69. The van der Waals surface area contributed by atoms with Crippen LogP contribution in [0.25, 0.3) is 0 Å². The van der Waals surface area contributed by atoms with E-state index in [0.717, 1.165) is 11.3 Å². The molecule has 0 unspecified atom stereocenters. The number of methoxy groups -OCH3 is 2. The molecule has 3 rings (SSSR count). The lowest BCUT2D eigenvalue weighted by Gasteiger charge is -2.26. The first-order valence-corrected chi connectivity index (χ1v) is 8.59. The van der Waals surface area contributed by atoms with Crippen LogP contribution in [0.5, 0.6) is 11.5 Å². The Morgan fingerprint density at radius 3 is 2.52 bits per heavy atom. The number of anilines is 2. The lowest BCUT2D eigenvalue weighted by atomic mass is 10.1. The minimum Gasteiger partial charge on any atom is -0.493 e. The largest absolute Gasteiger partial charge is 0.493 e. The van der Waals surface area contributed by atoms with Gasteiger partial charge in [0.05, 0.1) is 27.2 Å². The molecule has 2 aromatic carbocycles. The number of benzene rings is 2. The van der Waals surface area contributed by atoms with Crippen LogP contribution in [-0.4, -0.2) is 45.8 Å². The van der Waals surface area contributed by atoms with E-state index >= 15 is 0 Å². The van der Waals surface area contributed by atoms with Gasteiger partial charge in [0.2, 0.25) is 5.91 Å². The molecule has 0 bridgehead atoms. The number of carbonyl (C=O) groups is 2. The summed E-state index contributed by atoms with van der Waals surface area (Å²) in [5, 5.41) is 2.86. The zero-order valence-corrected chi connectivity index (χ0v) is 15.4. The Kier molecular flexibility index (Phi) is 5.93. The summed E-state index contributed by atoms with van der Waals surface area (Å²) in [5.74, 6) is 1.00. The third-order valence-electron chi connectivity index (χ3n) is 4.26. The van der Waals surface area contributed by atoms with Crippen LogP contribution in [0, 0.1) is 0 Å². The molecule has 1 saturated heterocycles. The maximum absolute atomic E-state index is 12.3. The molecule has 0 atom stereocenters. The summed E-state index contributed by atoms with van der Waals surface area (Å²) in [6.45, 7) is 1.16. The smallest absolute Gasteiger partial charge is 0.253 e. The summed E-state index contributed by atoms with van der Waals surface area (Å²) in [7, 11) is 3.13. The Bertz CT molecular complexity index is 820. The van der Waals surface area contributed by atoms with E-state index < -0.39 is 0 Å². The Hall–Kier alpha value is -3.06.